The van der Waals surface area contributed by atoms with Gasteiger partial charge >= 0.3 is 0 Å². The number of hydrogen-bond donors (Lipinski definition) is 1. The minimum atomic E-state index is 0.598. The Morgan fingerprint density at radius 2 is 2.11 bits per heavy atom. The summed E-state index contributed by atoms with van der Waals surface area (Å²) < 4.78 is 2.35. The average molecular weight is 388 g/mol. The van der Waals surface area contributed by atoms with E-state index in [0.717, 1.165) is 23.5 Å². The van der Waals surface area contributed by atoms with Crippen LogP contribution in [0.15, 0.2) is 27.1 Å². The zero-order valence-electron chi connectivity index (χ0n) is 11.2. The molecule has 1 aromatic carbocycles. The van der Waals surface area contributed by atoms with Gasteiger partial charge in [-0.1, -0.05) is 22.9 Å². The van der Waals surface area contributed by atoms with Gasteiger partial charge in [0.15, 0.2) is 0 Å². The van der Waals surface area contributed by atoms with E-state index >= 15 is 0 Å². The van der Waals surface area contributed by atoms with Crippen molar-refractivity contribution in [1.29, 1.82) is 0 Å². The van der Waals surface area contributed by atoms with E-state index in [4.69, 9.17) is 0 Å². The highest BCUT2D eigenvalue weighted by atomic mass is 79.9. The number of benzene rings is 1. The number of anilines is 1. The third-order valence-corrected chi connectivity index (χ3v) is 5.49. The first-order valence-electron chi connectivity index (χ1n) is 7.14. The Balaban J connectivity index is 1.87. The first-order chi connectivity index (χ1) is 9.19. The standard InChI is InChI=1S/C15H20Br2N2/c1-2-12-8-18-14(10-3-4-10)9-19(12)15-7-11(16)5-6-13(15)17/h5-7,10,12,14,18H,2-4,8-9H2,1H3. The van der Waals surface area contributed by atoms with Crippen LogP contribution in [0, 0.1) is 5.92 Å². The number of piperazine rings is 1. The van der Waals surface area contributed by atoms with Crippen LogP contribution in [0.3, 0.4) is 0 Å². The van der Waals surface area contributed by atoms with Gasteiger partial charge in [0.2, 0.25) is 0 Å². The summed E-state index contributed by atoms with van der Waals surface area (Å²) in [5.74, 6) is 0.909. The zero-order chi connectivity index (χ0) is 13.4. The van der Waals surface area contributed by atoms with Gasteiger partial charge < -0.3 is 10.2 Å². The predicted molar refractivity (Wildman–Crippen MR) is 87.8 cm³/mol. The average Bonchev–Trinajstić information content (AvgIpc) is 3.25. The van der Waals surface area contributed by atoms with E-state index < -0.39 is 0 Å². The molecule has 4 heteroatoms. The van der Waals surface area contributed by atoms with E-state index in [1.807, 2.05) is 0 Å². The van der Waals surface area contributed by atoms with Crippen molar-refractivity contribution >= 4 is 37.5 Å². The molecular formula is C15H20Br2N2. The summed E-state index contributed by atoms with van der Waals surface area (Å²) in [4.78, 5) is 2.59. The summed E-state index contributed by atoms with van der Waals surface area (Å²) >= 11 is 7.31. The SMILES string of the molecule is CCC1CNC(C2CC2)CN1c1cc(Br)ccc1Br. The van der Waals surface area contributed by atoms with Crippen LogP contribution in [0.25, 0.3) is 0 Å². The molecule has 2 unspecified atom stereocenters. The van der Waals surface area contributed by atoms with Crippen LogP contribution in [0.2, 0.25) is 0 Å². The van der Waals surface area contributed by atoms with Crippen LogP contribution in [0.4, 0.5) is 5.69 Å². The zero-order valence-corrected chi connectivity index (χ0v) is 14.4. The minimum Gasteiger partial charge on any atom is -0.365 e. The molecule has 0 radical (unpaired) electrons. The van der Waals surface area contributed by atoms with Gasteiger partial charge in [-0.3, -0.25) is 0 Å². The van der Waals surface area contributed by atoms with Gasteiger partial charge in [-0.25, -0.2) is 0 Å². The van der Waals surface area contributed by atoms with Gasteiger partial charge in [0.25, 0.3) is 0 Å². The fourth-order valence-corrected chi connectivity index (χ4v) is 3.83. The summed E-state index contributed by atoms with van der Waals surface area (Å²) in [6.07, 6.45) is 3.99. The highest BCUT2D eigenvalue weighted by molar-refractivity contribution is 9.11. The maximum Gasteiger partial charge on any atom is 0.0525 e. The molecule has 2 fully saturated rings. The van der Waals surface area contributed by atoms with Gasteiger partial charge in [-0.15, -0.1) is 0 Å². The van der Waals surface area contributed by atoms with Gasteiger partial charge in [0.1, 0.15) is 0 Å². The van der Waals surface area contributed by atoms with Crippen molar-refractivity contribution in [2.45, 2.75) is 38.3 Å². The van der Waals surface area contributed by atoms with Gasteiger partial charge in [-0.2, -0.15) is 0 Å². The second kappa shape index (κ2) is 5.74. The summed E-state index contributed by atoms with van der Waals surface area (Å²) in [6.45, 7) is 4.53. The van der Waals surface area contributed by atoms with Crippen LogP contribution >= 0.6 is 31.9 Å². The maximum absolute atomic E-state index is 3.75. The Bertz CT molecular complexity index is 459. The van der Waals surface area contributed by atoms with E-state index in [0.29, 0.717) is 12.1 Å². The normalized spacial score (nSPS) is 27.6. The number of nitrogens with one attached hydrogen (secondary N) is 1. The molecule has 1 saturated heterocycles. The quantitative estimate of drug-likeness (QED) is 0.836. The van der Waals surface area contributed by atoms with E-state index in [2.05, 4.69) is 67.2 Å². The monoisotopic (exact) mass is 386 g/mol. The Morgan fingerprint density at radius 3 is 2.79 bits per heavy atom. The molecule has 0 aromatic heterocycles. The first kappa shape index (κ1) is 13.9. The molecule has 2 atom stereocenters. The second-order valence-electron chi connectivity index (χ2n) is 5.66. The molecule has 2 aliphatic rings. The number of rotatable bonds is 3. The molecule has 0 spiro atoms. The van der Waals surface area contributed by atoms with E-state index in [-0.39, 0.29) is 0 Å². The topological polar surface area (TPSA) is 15.3 Å². The van der Waals surface area contributed by atoms with Crippen molar-refractivity contribution in [1.82, 2.24) is 5.32 Å². The lowest BCUT2D eigenvalue weighted by Crippen LogP contribution is -2.57. The van der Waals surface area contributed by atoms with E-state index in [1.165, 1.54) is 29.4 Å². The molecule has 1 aliphatic carbocycles. The minimum absolute atomic E-state index is 0.598. The highest BCUT2D eigenvalue weighted by Gasteiger charge is 2.37. The van der Waals surface area contributed by atoms with Crippen LogP contribution in [0.5, 0.6) is 0 Å². The summed E-state index contributed by atoms with van der Waals surface area (Å²) in [6, 6.07) is 7.74. The van der Waals surface area contributed by atoms with Crippen LogP contribution < -0.4 is 10.2 Å². The number of halogens is 2. The van der Waals surface area contributed by atoms with Gasteiger partial charge in [0.05, 0.1) is 5.69 Å². The van der Waals surface area contributed by atoms with Crippen molar-refractivity contribution < 1.29 is 0 Å². The molecular weight excluding hydrogens is 368 g/mol. The van der Waals surface area contributed by atoms with Gasteiger partial charge in [-0.05, 0) is 59.3 Å². The van der Waals surface area contributed by atoms with Crippen molar-refractivity contribution in [3.8, 4) is 0 Å². The summed E-state index contributed by atoms with van der Waals surface area (Å²) in [5.41, 5.74) is 1.33. The first-order valence-corrected chi connectivity index (χ1v) is 8.72. The van der Waals surface area contributed by atoms with Crippen LogP contribution in [-0.2, 0) is 0 Å². The molecule has 0 bridgehead atoms. The van der Waals surface area contributed by atoms with Crippen LogP contribution in [0.1, 0.15) is 26.2 Å². The Kier molecular flexibility index (Phi) is 4.20. The van der Waals surface area contributed by atoms with Crippen LogP contribution in [-0.4, -0.2) is 25.2 Å². The molecule has 19 heavy (non-hydrogen) atoms. The molecule has 3 rings (SSSR count). The maximum atomic E-state index is 3.75. The molecule has 2 nitrogen and oxygen atoms in total. The molecule has 1 heterocycles. The Morgan fingerprint density at radius 1 is 1.32 bits per heavy atom. The molecule has 1 aromatic rings. The Hall–Kier alpha value is -0.0600. The Labute approximate surface area is 132 Å². The van der Waals surface area contributed by atoms with E-state index in [1.54, 1.807) is 0 Å². The lowest BCUT2D eigenvalue weighted by Gasteiger charge is -2.42. The summed E-state index contributed by atoms with van der Waals surface area (Å²) in [5, 5.41) is 3.75. The summed E-state index contributed by atoms with van der Waals surface area (Å²) in [7, 11) is 0. The lowest BCUT2D eigenvalue weighted by atomic mass is 10.0. The van der Waals surface area contributed by atoms with Crippen molar-refractivity contribution in [2.75, 3.05) is 18.0 Å². The van der Waals surface area contributed by atoms with Crippen molar-refractivity contribution in [2.24, 2.45) is 5.92 Å². The molecule has 0 amide bonds. The second-order valence-corrected chi connectivity index (χ2v) is 7.43. The largest absolute Gasteiger partial charge is 0.365 e. The van der Waals surface area contributed by atoms with Gasteiger partial charge in [0, 0.05) is 34.1 Å². The molecule has 1 aliphatic heterocycles. The highest BCUT2D eigenvalue weighted by Crippen LogP contribution is 2.37. The van der Waals surface area contributed by atoms with E-state index in [9.17, 15) is 0 Å². The smallest absolute Gasteiger partial charge is 0.0525 e. The number of nitrogens with zero attached hydrogens (tertiary/aromatic N) is 1. The fourth-order valence-electron chi connectivity index (χ4n) is 3.00. The third kappa shape index (κ3) is 3.01. The lowest BCUT2D eigenvalue weighted by molar-refractivity contribution is 0.359. The fraction of sp³-hybridized carbons (Fsp3) is 0.600. The van der Waals surface area contributed by atoms with Crippen molar-refractivity contribution in [3.63, 3.8) is 0 Å². The molecule has 1 N–H and O–H groups in total. The third-order valence-electron chi connectivity index (χ3n) is 4.33. The predicted octanol–water partition coefficient (Wildman–Crippen LogP) is 4.18. The van der Waals surface area contributed by atoms with Crippen molar-refractivity contribution in [3.05, 3.63) is 27.1 Å². The number of hydrogen-bond acceptors (Lipinski definition) is 2. The molecule has 1 saturated carbocycles. The molecule has 104 valence electrons.